The molecular formula is C52H60N4O4+2. The number of quaternary nitrogens is 2. The van der Waals surface area contributed by atoms with E-state index in [2.05, 4.69) is 125 Å². The van der Waals surface area contributed by atoms with E-state index >= 15 is 0 Å². The van der Waals surface area contributed by atoms with Gasteiger partial charge >= 0.3 is 0 Å². The number of amides is 4. The van der Waals surface area contributed by atoms with Crippen LogP contribution in [-0.2, 0) is 19.2 Å². The summed E-state index contributed by atoms with van der Waals surface area (Å²) in [5.74, 6) is -1.28. The molecule has 4 unspecified atom stereocenters. The normalized spacial score (nSPS) is 26.9. The lowest BCUT2D eigenvalue weighted by molar-refractivity contribution is -0.891. The van der Waals surface area contributed by atoms with Crippen molar-refractivity contribution < 1.29 is 28.1 Å². The maximum absolute atomic E-state index is 14.0. The molecule has 4 amide bonds. The number of unbranched alkanes of at least 4 members (excludes halogenated alkanes) is 3. The third-order valence-electron chi connectivity index (χ3n) is 15.6. The highest BCUT2D eigenvalue weighted by molar-refractivity contribution is 6.08. The van der Waals surface area contributed by atoms with Gasteiger partial charge in [-0.1, -0.05) is 97.1 Å². The minimum absolute atomic E-state index is 0.0239. The van der Waals surface area contributed by atoms with Crippen molar-refractivity contribution in [3.63, 3.8) is 0 Å². The van der Waals surface area contributed by atoms with Gasteiger partial charge in [-0.05, 0) is 70.2 Å². The summed E-state index contributed by atoms with van der Waals surface area (Å²) < 4.78 is 1.75. The third-order valence-corrected chi connectivity index (χ3v) is 15.6. The number of nitrogens with zero attached hydrogens (tertiary/aromatic N) is 4. The fourth-order valence-corrected chi connectivity index (χ4v) is 12.9. The van der Waals surface area contributed by atoms with Gasteiger partial charge in [-0.2, -0.15) is 0 Å². The van der Waals surface area contributed by atoms with Crippen LogP contribution in [0, 0.1) is 23.7 Å². The lowest BCUT2D eigenvalue weighted by Gasteiger charge is -2.45. The number of likely N-dealkylation sites (tertiary alicyclic amines) is 2. The summed E-state index contributed by atoms with van der Waals surface area (Å²) in [6.45, 7) is 4.98. The molecule has 60 heavy (non-hydrogen) atoms. The molecule has 2 aliphatic heterocycles. The molecule has 2 saturated heterocycles. The SMILES string of the molecule is C[N+](C)(CCCCCC[N+](C)(C)CCCN1C(=O)C2C3c4ccccc4C(c4ccccc43)C2C1=O)CCCN1C(=O)C2C3c4ccccc4C(c4ccccc43)C2C1=O. The molecule has 6 aliphatic carbocycles. The molecule has 0 N–H and O–H groups in total. The molecule has 4 atom stereocenters. The number of carbonyl (C=O) groups excluding carboxylic acids is 4. The predicted octanol–water partition coefficient (Wildman–Crippen LogP) is 7.26. The average molecular weight is 805 g/mol. The van der Waals surface area contributed by atoms with E-state index in [0.717, 1.165) is 60.8 Å². The van der Waals surface area contributed by atoms with Crippen LogP contribution in [0.2, 0.25) is 0 Å². The third kappa shape index (κ3) is 6.22. The molecular weight excluding hydrogens is 745 g/mol. The molecule has 2 fully saturated rings. The van der Waals surface area contributed by atoms with Gasteiger partial charge in [-0.3, -0.25) is 29.0 Å². The second-order valence-electron chi connectivity index (χ2n) is 20.1. The molecule has 0 radical (unpaired) electrons. The van der Waals surface area contributed by atoms with Crippen molar-refractivity contribution in [1.82, 2.24) is 9.80 Å². The summed E-state index contributed by atoms with van der Waals surface area (Å²) in [6.07, 6.45) is 6.24. The van der Waals surface area contributed by atoms with E-state index in [1.54, 1.807) is 9.80 Å². The summed E-state index contributed by atoms with van der Waals surface area (Å²) in [5, 5.41) is 0. The van der Waals surface area contributed by atoms with Crippen molar-refractivity contribution in [3.8, 4) is 0 Å². The van der Waals surface area contributed by atoms with E-state index in [9.17, 15) is 19.2 Å². The van der Waals surface area contributed by atoms with E-state index in [1.165, 1.54) is 57.3 Å². The zero-order valence-corrected chi connectivity index (χ0v) is 35.8. The summed E-state index contributed by atoms with van der Waals surface area (Å²) in [4.78, 5) is 59.3. The Bertz CT molecular complexity index is 1990. The number of imide groups is 2. The monoisotopic (exact) mass is 804 g/mol. The smallest absolute Gasteiger partial charge is 0.234 e. The maximum atomic E-state index is 14.0. The van der Waals surface area contributed by atoms with Crippen LogP contribution in [0.3, 0.4) is 0 Å². The van der Waals surface area contributed by atoms with Crippen LogP contribution >= 0.6 is 0 Å². The van der Waals surface area contributed by atoms with Gasteiger partial charge in [-0.15, -0.1) is 0 Å². The minimum atomic E-state index is -0.297. The zero-order valence-electron chi connectivity index (χ0n) is 35.8. The van der Waals surface area contributed by atoms with Crippen LogP contribution in [0.5, 0.6) is 0 Å². The van der Waals surface area contributed by atoms with Crippen molar-refractivity contribution >= 4 is 23.6 Å². The van der Waals surface area contributed by atoms with Gasteiger partial charge in [0.15, 0.2) is 0 Å². The maximum Gasteiger partial charge on any atom is 0.234 e. The second-order valence-corrected chi connectivity index (χ2v) is 20.1. The Labute approximate surface area is 355 Å². The van der Waals surface area contributed by atoms with Crippen LogP contribution in [0.1, 0.15) is 107 Å². The topological polar surface area (TPSA) is 74.8 Å². The quantitative estimate of drug-likeness (QED) is 0.0721. The average Bonchev–Trinajstić information content (AvgIpc) is 3.66. The number of benzene rings is 4. The van der Waals surface area contributed by atoms with Crippen LogP contribution in [0.25, 0.3) is 0 Å². The van der Waals surface area contributed by atoms with Crippen molar-refractivity contribution in [3.05, 3.63) is 142 Å². The van der Waals surface area contributed by atoms with Gasteiger partial charge in [-0.25, -0.2) is 0 Å². The number of rotatable bonds is 15. The predicted molar refractivity (Wildman–Crippen MR) is 232 cm³/mol. The second kappa shape index (κ2) is 14.9. The highest BCUT2D eigenvalue weighted by Gasteiger charge is 2.62. The minimum Gasteiger partial charge on any atom is -0.328 e. The van der Waals surface area contributed by atoms with Gasteiger partial charge in [0.2, 0.25) is 23.6 Å². The van der Waals surface area contributed by atoms with E-state index in [1.807, 2.05) is 0 Å². The van der Waals surface area contributed by atoms with Crippen molar-refractivity contribution in [2.24, 2.45) is 23.7 Å². The fraction of sp³-hybridized carbons (Fsp3) is 0.462. The standard InChI is InChI=1S/C52H60N4O4/c1-55(2,31-17-27-53-49(57)45-41-33-19-7-8-20-34(33)42(46(45)50(53)58)36-22-10-9-21-35(36)41)29-15-5-6-16-30-56(3,4)32-18-28-54-51(59)47-43-37-23-11-12-24-38(37)44(48(47)52(54)60)40-26-14-13-25-39(40)43/h7-14,19-26,41-48H,5-6,15-18,27-32H2,1-4H3/q+2. The van der Waals surface area contributed by atoms with Crippen LogP contribution in [-0.4, -0.2) is 110 Å². The molecule has 4 aromatic carbocycles. The van der Waals surface area contributed by atoms with Gasteiger partial charge in [0, 0.05) is 49.6 Å². The zero-order chi connectivity index (χ0) is 41.5. The molecule has 4 aromatic rings. The summed E-state index contributed by atoms with van der Waals surface area (Å²) in [7, 11) is 9.09. The van der Waals surface area contributed by atoms with Crippen LogP contribution in [0.15, 0.2) is 97.1 Å². The molecule has 310 valence electrons. The van der Waals surface area contributed by atoms with Gasteiger partial charge in [0.25, 0.3) is 0 Å². The molecule has 0 spiro atoms. The first-order valence-corrected chi connectivity index (χ1v) is 22.7. The van der Waals surface area contributed by atoms with Crippen molar-refractivity contribution in [2.75, 3.05) is 67.5 Å². The Kier molecular flexibility index (Phi) is 9.75. The highest BCUT2D eigenvalue weighted by Crippen LogP contribution is 2.62. The Hall–Kier alpha value is -4.92. The first-order valence-electron chi connectivity index (χ1n) is 22.7. The highest BCUT2D eigenvalue weighted by atomic mass is 16.2. The molecule has 8 aliphatic rings. The Morgan fingerprint density at radius 3 is 0.800 bits per heavy atom. The summed E-state index contributed by atoms with van der Waals surface area (Å²) >= 11 is 0. The molecule has 2 heterocycles. The van der Waals surface area contributed by atoms with Gasteiger partial charge in [0.05, 0.1) is 78.0 Å². The molecule has 4 bridgehead atoms. The lowest BCUT2D eigenvalue weighted by Crippen LogP contribution is -2.43. The van der Waals surface area contributed by atoms with E-state index in [-0.39, 0.29) is 71.0 Å². The molecule has 0 aromatic heterocycles. The van der Waals surface area contributed by atoms with Gasteiger partial charge < -0.3 is 8.97 Å². The van der Waals surface area contributed by atoms with Crippen LogP contribution in [0.4, 0.5) is 0 Å². The molecule has 8 nitrogen and oxygen atoms in total. The fourth-order valence-electron chi connectivity index (χ4n) is 12.9. The molecule has 12 rings (SSSR count). The van der Waals surface area contributed by atoms with E-state index in [0.29, 0.717) is 13.1 Å². The first-order chi connectivity index (χ1) is 29.0. The number of carbonyl (C=O) groups is 4. The van der Waals surface area contributed by atoms with Crippen LogP contribution < -0.4 is 0 Å². The lowest BCUT2D eigenvalue weighted by atomic mass is 9.55. The van der Waals surface area contributed by atoms with E-state index in [4.69, 9.17) is 0 Å². The largest absolute Gasteiger partial charge is 0.328 e. The summed E-state index contributed by atoms with van der Waals surface area (Å²) in [5.41, 5.74) is 9.79. The Balaban J connectivity index is 0.661. The molecule has 8 heteroatoms. The van der Waals surface area contributed by atoms with E-state index < -0.39 is 0 Å². The Morgan fingerprint density at radius 2 is 0.567 bits per heavy atom. The van der Waals surface area contributed by atoms with Crippen molar-refractivity contribution in [1.29, 1.82) is 0 Å². The Morgan fingerprint density at radius 1 is 0.350 bits per heavy atom. The number of hydrogen-bond donors (Lipinski definition) is 0. The number of hydrogen-bond acceptors (Lipinski definition) is 4. The van der Waals surface area contributed by atoms with Gasteiger partial charge in [0.1, 0.15) is 0 Å². The van der Waals surface area contributed by atoms with Crippen molar-refractivity contribution in [2.45, 2.75) is 62.2 Å². The first kappa shape index (κ1) is 39.2. The molecule has 0 saturated carbocycles. The summed E-state index contributed by atoms with van der Waals surface area (Å²) in [6, 6.07) is 33.8.